The van der Waals surface area contributed by atoms with Crippen LogP contribution in [-0.2, 0) is 16.4 Å². The number of hydrogen-bond acceptors (Lipinski definition) is 4. The molecule has 2 aromatic carbocycles. The summed E-state index contributed by atoms with van der Waals surface area (Å²) in [6.45, 7) is 0.144. The van der Waals surface area contributed by atoms with Crippen LogP contribution in [0.3, 0.4) is 0 Å². The molecule has 0 heterocycles. The summed E-state index contributed by atoms with van der Waals surface area (Å²) in [5.41, 5.74) is 0.857. The molecule has 0 aromatic heterocycles. The largest absolute Gasteiger partial charge is 0.465 e. The number of carbonyl (C=O) groups is 1. The Bertz CT molecular complexity index is 947. The zero-order chi connectivity index (χ0) is 23.0. The molecule has 32 heavy (non-hydrogen) atoms. The van der Waals surface area contributed by atoms with Crippen LogP contribution in [0.4, 0.5) is 4.79 Å². The molecule has 3 rings (SSSR count). The highest BCUT2D eigenvalue weighted by Gasteiger charge is 2.32. The van der Waals surface area contributed by atoms with Crippen molar-refractivity contribution in [2.24, 2.45) is 5.92 Å². The quantitative estimate of drug-likeness (QED) is 0.503. The molecule has 0 saturated heterocycles. The van der Waals surface area contributed by atoms with Crippen LogP contribution in [0.2, 0.25) is 0 Å². The summed E-state index contributed by atoms with van der Waals surface area (Å²) in [5.74, 6) is 0.231. The van der Waals surface area contributed by atoms with Gasteiger partial charge in [0.2, 0.25) is 10.0 Å². The highest BCUT2D eigenvalue weighted by Crippen LogP contribution is 2.27. The standard InChI is InChI=1S/C24H32N2O5S/c27-23(22(25-24(28)29)16-19-10-4-1-5-11-19)18-26(17-20-12-6-2-7-13-20)32(30,31)21-14-8-3-9-15-21/h1,3-5,8-11,14-15,20,22-23,25,27H,2,6-7,12-13,16-18H2,(H,28,29)/t22-,23+/m0/s1. The number of aliphatic hydroxyl groups is 1. The first-order chi connectivity index (χ1) is 15.4. The second-order valence-corrected chi connectivity index (χ2v) is 10.4. The van der Waals surface area contributed by atoms with Gasteiger partial charge in [-0.15, -0.1) is 0 Å². The predicted molar refractivity (Wildman–Crippen MR) is 123 cm³/mol. The molecule has 0 bridgehead atoms. The number of sulfonamides is 1. The van der Waals surface area contributed by atoms with E-state index in [9.17, 15) is 23.4 Å². The van der Waals surface area contributed by atoms with E-state index in [-0.39, 0.29) is 23.8 Å². The average Bonchev–Trinajstić information content (AvgIpc) is 2.80. The Morgan fingerprint density at radius 2 is 1.59 bits per heavy atom. The molecule has 8 heteroatoms. The molecule has 0 radical (unpaired) electrons. The number of nitrogens with one attached hydrogen (secondary N) is 1. The smallest absolute Gasteiger partial charge is 0.404 e. The minimum absolute atomic E-state index is 0.175. The van der Waals surface area contributed by atoms with Gasteiger partial charge in [0.05, 0.1) is 17.0 Å². The highest BCUT2D eigenvalue weighted by molar-refractivity contribution is 7.89. The maximum atomic E-state index is 13.4. The van der Waals surface area contributed by atoms with Crippen molar-refractivity contribution in [3.63, 3.8) is 0 Å². The zero-order valence-electron chi connectivity index (χ0n) is 18.1. The van der Waals surface area contributed by atoms with Crippen molar-refractivity contribution in [2.75, 3.05) is 13.1 Å². The molecule has 1 aliphatic carbocycles. The molecule has 174 valence electrons. The maximum Gasteiger partial charge on any atom is 0.404 e. The van der Waals surface area contributed by atoms with Gasteiger partial charge in [-0.1, -0.05) is 67.8 Å². The average molecular weight is 461 g/mol. The fourth-order valence-electron chi connectivity index (χ4n) is 4.32. The summed E-state index contributed by atoms with van der Waals surface area (Å²) < 4.78 is 28.2. The Labute approximate surface area is 190 Å². The molecule has 3 N–H and O–H groups in total. The lowest BCUT2D eigenvalue weighted by Crippen LogP contribution is -2.51. The fraction of sp³-hybridized carbons (Fsp3) is 0.458. The van der Waals surface area contributed by atoms with Crippen molar-refractivity contribution < 1.29 is 23.4 Å². The van der Waals surface area contributed by atoms with Gasteiger partial charge in [0.25, 0.3) is 0 Å². The number of rotatable bonds is 10. The third-order valence-electron chi connectivity index (χ3n) is 6.03. The molecule has 1 fully saturated rings. The summed E-state index contributed by atoms with van der Waals surface area (Å²) in [4.78, 5) is 11.5. The minimum Gasteiger partial charge on any atom is -0.465 e. The summed E-state index contributed by atoms with van der Waals surface area (Å²) in [5, 5.41) is 22.7. The van der Waals surface area contributed by atoms with Gasteiger partial charge < -0.3 is 15.5 Å². The van der Waals surface area contributed by atoms with Gasteiger partial charge in [-0.3, -0.25) is 0 Å². The lowest BCUT2D eigenvalue weighted by molar-refractivity contribution is 0.0951. The van der Waals surface area contributed by atoms with E-state index in [4.69, 9.17) is 0 Å². The highest BCUT2D eigenvalue weighted by atomic mass is 32.2. The molecule has 1 amide bonds. The van der Waals surface area contributed by atoms with Crippen molar-refractivity contribution in [1.29, 1.82) is 0 Å². The Balaban J connectivity index is 1.82. The molecule has 2 atom stereocenters. The monoisotopic (exact) mass is 460 g/mol. The van der Waals surface area contributed by atoms with Gasteiger partial charge in [0, 0.05) is 13.1 Å². The minimum atomic E-state index is -3.83. The Morgan fingerprint density at radius 1 is 1.00 bits per heavy atom. The van der Waals surface area contributed by atoms with Crippen LogP contribution in [0.15, 0.2) is 65.6 Å². The molecule has 0 unspecified atom stereocenters. The van der Waals surface area contributed by atoms with E-state index in [0.717, 1.165) is 37.7 Å². The van der Waals surface area contributed by atoms with E-state index in [2.05, 4.69) is 5.32 Å². The zero-order valence-corrected chi connectivity index (χ0v) is 19.0. The molecule has 0 aliphatic heterocycles. The van der Waals surface area contributed by atoms with Crippen LogP contribution in [0.25, 0.3) is 0 Å². The summed E-state index contributed by atoms with van der Waals surface area (Å²) in [7, 11) is -3.83. The normalized spacial score (nSPS) is 17.1. The lowest BCUT2D eigenvalue weighted by Gasteiger charge is -2.32. The Morgan fingerprint density at radius 3 is 2.19 bits per heavy atom. The number of hydrogen-bond donors (Lipinski definition) is 3. The van der Waals surface area contributed by atoms with E-state index in [0.29, 0.717) is 6.54 Å². The molecular formula is C24H32N2O5S. The summed E-state index contributed by atoms with van der Waals surface area (Å²) in [6.07, 6.45) is 3.02. The first kappa shape index (κ1) is 24.2. The summed E-state index contributed by atoms with van der Waals surface area (Å²) >= 11 is 0. The number of amides is 1. The van der Waals surface area contributed by atoms with Crippen molar-refractivity contribution in [3.8, 4) is 0 Å². The number of aliphatic hydroxyl groups excluding tert-OH is 1. The lowest BCUT2D eigenvalue weighted by atomic mass is 9.89. The van der Waals surface area contributed by atoms with Crippen LogP contribution >= 0.6 is 0 Å². The molecule has 7 nitrogen and oxygen atoms in total. The third kappa shape index (κ3) is 6.79. The van der Waals surface area contributed by atoms with Crippen molar-refractivity contribution >= 4 is 16.1 Å². The molecular weight excluding hydrogens is 428 g/mol. The van der Waals surface area contributed by atoms with Crippen LogP contribution < -0.4 is 5.32 Å². The van der Waals surface area contributed by atoms with E-state index < -0.39 is 28.3 Å². The van der Waals surface area contributed by atoms with Gasteiger partial charge in [-0.2, -0.15) is 4.31 Å². The van der Waals surface area contributed by atoms with E-state index in [1.165, 1.54) is 4.31 Å². The van der Waals surface area contributed by atoms with E-state index in [1.54, 1.807) is 30.3 Å². The third-order valence-corrected chi connectivity index (χ3v) is 7.88. The molecule has 0 spiro atoms. The number of nitrogens with zero attached hydrogens (tertiary/aromatic N) is 1. The second-order valence-electron chi connectivity index (χ2n) is 8.45. The molecule has 1 aliphatic rings. The predicted octanol–water partition coefficient (Wildman–Crippen LogP) is 3.50. The van der Waals surface area contributed by atoms with Crippen LogP contribution in [0, 0.1) is 5.92 Å². The van der Waals surface area contributed by atoms with Gasteiger partial charge in [0.15, 0.2) is 0 Å². The van der Waals surface area contributed by atoms with Crippen molar-refractivity contribution in [1.82, 2.24) is 9.62 Å². The van der Waals surface area contributed by atoms with Gasteiger partial charge in [-0.05, 0) is 42.9 Å². The first-order valence-electron chi connectivity index (χ1n) is 11.1. The van der Waals surface area contributed by atoms with E-state index in [1.807, 2.05) is 30.3 Å². The number of carboxylic acid groups (broad SMARTS) is 1. The van der Waals surface area contributed by atoms with Crippen molar-refractivity contribution in [3.05, 3.63) is 66.2 Å². The topological polar surface area (TPSA) is 107 Å². The number of benzene rings is 2. The first-order valence-corrected chi connectivity index (χ1v) is 12.6. The van der Waals surface area contributed by atoms with Crippen molar-refractivity contribution in [2.45, 2.75) is 55.6 Å². The maximum absolute atomic E-state index is 13.4. The Hall–Kier alpha value is -2.42. The second kappa shape index (κ2) is 11.4. The molecule has 1 saturated carbocycles. The van der Waals surface area contributed by atoms with Gasteiger partial charge >= 0.3 is 6.09 Å². The molecule has 2 aromatic rings. The van der Waals surface area contributed by atoms with E-state index >= 15 is 0 Å². The fourth-order valence-corrected chi connectivity index (χ4v) is 5.87. The van der Waals surface area contributed by atoms with Gasteiger partial charge in [-0.25, -0.2) is 13.2 Å². The van der Waals surface area contributed by atoms with Gasteiger partial charge in [0.1, 0.15) is 0 Å². The SMILES string of the molecule is O=C(O)N[C@@H](Cc1ccccc1)[C@H](O)CN(CC1CCCCC1)S(=O)(=O)c1ccccc1. The van der Waals surface area contributed by atoms with Crippen LogP contribution in [0.5, 0.6) is 0 Å². The van der Waals surface area contributed by atoms with Crippen LogP contribution in [0.1, 0.15) is 37.7 Å². The van der Waals surface area contributed by atoms with Crippen LogP contribution in [-0.4, -0.2) is 54.3 Å². The summed E-state index contributed by atoms with van der Waals surface area (Å²) in [6, 6.07) is 16.6. The Kier molecular flexibility index (Phi) is 8.67.